The molecule has 0 atom stereocenters. The summed E-state index contributed by atoms with van der Waals surface area (Å²) in [6.45, 7) is 0. The van der Waals surface area contributed by atoms with Crippen LogP contribution in [0.5, 0.6) is 0 Å². The maximum Gasteiger partial charge on any atom is 0.309 e. The molecule has 0 spiro atoms. The summed E-state index contributed by atoms with van der Waals surface area (Å²) in [6, 6.07) is 2.39. The number of nitrogens with zero attached hydrogens (tertiary/aromatic N) is 2. The predicted octanol–water partition coefficient (Wildman–Crippen LogP) is 1.27. The molecule has 0 radical (unpaired) electrons. The number of aromatic nitrogens is 1. The minimum absolute atomic E-state index is 0.188. The number of carboxylic acids is 1. The van der Waals surface area contributed by atoms with Crippen LogP contribution in [0, 0.1) is 10.1 Å². The van der Waals surface area contributed by atoms with Gasteiger partial charge in [0.2, 0.25) is 5.15 Å². The Kier molecular flexibility index (Phi) is 2.98. The highest BCUT2D eigenvalue weighted by atomic mass is 35.5. The third-order valence-corrected chi connectivity index (χ3v) is 1.69. The van der Waals surface area contributed by atoms with E-state index in [9.17, 15) is 14.9 Å². The van der Waals surface area contributed by atoms with Crippen molar-refractivity contribution in [3.05, 3.63) is 33.1 Å². The van der Waals surface area contributed by atoms with Crippen LogP contribution in [0.15, 0.2) is 12.1 Å². The van der Waals surface area contributed by atoms with Gasteiger partial charge in [-0.05, 0) is 6.07 Å². The van der Waals surface area contributed by atoms with Crippen LogP contribution in [-0.2, 0) is 11.2 Å². The lowest BCUT2D eigenvalue weighted by molar-refractivity contribution is -0.385. The molecule has 1 N–H and O–H groups in total. The highest BCUT2D eigenvalue weighted by Crippen LogP contribution is 2.21. The van der Waals surface area contributed by atoms with Crippen molar-refractivity contribution in [2.75, 3.05) is 0 Å². The lowest BCUT2D eigenvalue weighted by atomic mass is 10.2. The molecule has 0 aliphatic carbocycles. The number of aliphatic carboxylic acids is 1. The Morgan fingerprint density at radius 2 is 2.29 bits per heavy atom. The summed E-state index contributed by atoms with van der Waals surface area (Å²) in [5, 5.41) is 18.4. The van der Waals surface area contributed by atoms with E-state index in [4.69, 9.17) is 16.7 Å². The standard InChI is InChI=1S/C7H5ClN2O4/c8-7-5(10(13)14)2-1-4(9-7)3-6(11)12/h1-2H,3H2,(H,11,12). The molecule has 0 saturated carbocycles. The van der Waals surface area contributed by atoms with E-state index in [-0.39, 0.29) is 23.0 Å². The first-order chi connectivity index (χ1) is 6.50. The van der Waals surface area contributed by atoms with Gasteiger partial charge in [-0.2, -0.15) is 0 Å². The van der Waals surface area contributed by atoms with Crippen molar-refractivity contribution in [2.45, 2.75) is 6.42 Å². The van der Waals surface area contributed by atoms with Crippen LogP contribution in [0.25, 0.3) is 0 Å². The number of carboxylic acid groups (broad SMARTS) is 1. The molecule has 0 aliphatic rings. The molecule has 0 aromatic carbocycles. The first-order valence-corrected chi connectivity index (χ1v) is 3.90. The average molecular weight is 217 g/mol. The highest BCUT2D eigenvalue weighted by Gasteiger charge is 2.14. The summed E-state index contributed by atoms with van der Waals surface area (Å²) >= 11 is 5.46. The molecule has 7 heteroatoms. The zero-order valence-electron chi connectivity index (χ0n) is 6.81. The van der Waals surface area contributed by atoms with E-state index in [1.54, 1.807) is 0 Å². The molecule has 74 valence electrons. The van der Waals surface area contributed by atoms with Crippen molar-refractivity contribution in [3.8, 4) is 0 Å². The van der Waals surface area contributed by atoms with Crippen LogP contribution >= 0.6 is 11.6 Å². The summed E-state index contributed by atoms with van der Waals surface area (Å²) in [7, 11) is 0. The van der Waals surface area contributed by atoms with Gasteiger partial charge in [-0.25, -0.2) is 4.98 Å². The van der Waals surface area contributed by atoms with E-state index in [2.05, 4.69) is 4.98 Å². The van der Waals surface area contributed by atoms with Crippen molar-refractivity contribution in [3.63, 3.8) is 0 Å². The van der Waals surface area contributed by atoms with Gasteiger partial charge < -0.3 is 5.11 Å². The van der Waals surface area contributed by atoms with Crippen LogP contribution in [0.2, 0.25) is 5.15 Å². The molecular formula is C7H5ClN2O4. The molecule has 14 heavy (non-hydrogen) atoms. The Hall–Kier alpha value is -1.69. The third kappa shape index (κ3) is 2.40. The molecule has 1 aromatic heterocycles. The van der Waals surface area contributed by atoms with Gasteiger partial charge in [0, 0.05) is 6.07 Å². The maximum atomic E-state index is 10.3. The molecule has 1 rings (SSSR count). The first kappa shape index (κ1) is 10.4. The van der Waals surface area contributed by atoms with Gasteiger partial charge in [0.1, 0.15) is 0 Å². The summed E-state index contributed by atoms with van der Waals surface area (Å²) in [4.78, 5) is 23.5. The van der Waals surface area contributed by atoms with Gasteiger partial charge >= 0.3 is 11.7 Å². The number of nitro groups is 1. The fraction of sp³-hybridized carbons (Fsp3) is 0.143. The van der Waals surface area contributed by atoms with Crippen LogP contribution < -0.4 is 0 Å². The molecule has 0 amide bonds. The van der Waals surface area contributed by atoms with Crippen molar-refractivity contribution < 1.29 is 14.8 Å². The summed E-state index contributed by atoms with van der Waals surface area (Å²) in [5.74, 6) is -1.07. The number of carbonyl (C=O) groups is 1. The Bertz CT molecular complexity index is 393. The fourth-order valence-corrected chi connectivity index (χ4v) is 1.09. The minimum Gasteiger partial charge on any atom is -0.481 e. The first-order valence-electron chi connectivity index (χ1n) is 3.52. The van der Waals surface area contributed by atoms with E-state index in [1.165, 1.54) is 6.07 Å². The zero-order chi connectivity index (χ0) is 10.7. The quantitative estimate of drug-likeness (QED) is 0.467. The molecule has 6 nitrogen and oxygen atoms in total. The molecule has 1 heterocycles. The fourth-order valence-electron chi connectivity index (χ4n) is 0.854. The van der Waals surface area contributed by atoms with Gasteiger partial charge in [-0.3, -0.25) is 14.9 Å². The second kappa shape index (κ2) is 4.01. The summed E-state index contributed by atoms with van der Waals surface area (Å²) < 4.78 is 0. The van der Waals surface area contributed by atoms with Crippen molar-refractivity contribution >= 4 is 23.3 Å². The Balaban J connectivity index is 3.00. The molecule has 1 aromatic rings. The number of hydrogen-bond donors (Lipinski definition) is 1. The predicted molar refractivity (Wildman–Crippen MR) is 47.2 cm³/mol. The zero-order valence-corrected chi connectivity index (χ0v) is 7.56. The summed E-state index contributed by atoms with van der Waals surface area (Å²) in [5.41, 5.74) is -0.145. The van der Waals surface area contributed by atoms with Crippen molar-refractivity contribution in [1.82, 2.24) is 4.98 Å². The van der Waals surface area contributed by atoms with E-state index in [0.717, 1.165) is 6.07 Å². The monoisotopic (exact) mass is 216 g/mol. The van der Waals surface area contributed by atoms with Gasteiger partial charge in [0.05, 0.1) is 17.0 Å². The Morgan fingerprint density at radius 1 is 1.64 bits per heavy atom. The lowest BCUT2D eigenvalue weighted by Gasteiger charge is -1.97. The molecule has 0 aliphatic heterocycles. The van der Waals surface area contributed by atoms with Gasteiger partial charge in [-0.1, -0.05) is 11.6 Å². The average Bonchev–Trinajstić information content (AvgIpc) is 2.01. The third-order valence-electron chi connectivity index (χ3n) is 1.42. The minimum atomic E-state index is -1.07. The van der Waals surface area contributed by atoms with Gasteiger partial charge in [-0.15, -0.1) is 0 Å². The van der Waals surface area contributed by atoms with Crippen molar-refractivity contribution in [2.24, 2.45) is 0 Å². The SMILES string of the molecule is O=C(O)Cc1ccc([N+](=O)[O-])c(Cl)n1. The molecular weight excluding hydrogens is 212 g/mol. The van der Waals surface area contributed by atoms with Crippen LogP contribution in [0.4, 0.5) is 5.69 Å². The van der Waals surface area contributed by atoms with Crippen LogP contribution in [0.1, 0.15) is 5.69 Å². The molecule has 0 saturated heterocycles. The largest absolute Gasteiger partial charge is 0.481 e. The second-order valence-corrected chi connectivity index (χ2v) is 2.80. The van der Waals surface area contributed by atoms with E-state index in [0.29, 0.717) is 0 Å². The van der Waals surface area contributed by atoms with Crippen LogP contribution in [-0.4, -0.2) is 21.0 Å². The normalized spacial score (nSPS) is 9.79. The lowest BCUT2D eigenvalue weighted by Crippen LogP contribution is -2.03. The maximum absolute atomic E-state index is 10.3. The number of halogens is 1. The van der Waals surface area contributed by atoms with Crippen molar-refractivity contribution in [1.29, 1.82) is 0 Å². The van der Waals surface area contributed by atoms with Gasteiger partial charge in [0.15, 0.2) is 0 Å². The summed E-state index contributed by atoms with van der Waals surface area (Å²) in [6.07, 6.45) is -0.308. The Labute approximate surface area is 83.3 Å². The van der Waals surface area contributed by atoms with Gasteiger partial charge in [0.25, 0.3) is 0 Å². The van der Waals surface area contributed by atoms with E-state index >= 15 is 0 Å². The highest BCUT2D eigenvalue weighted by molar-refractivity contribution is 6.31. The molecule has 0 fully saturated rings. The second-order valence-electron chi connectivity index (χ2n) is 2.44. The molecule has 0 bridgehead atoms. The van der Waals surface area contributed by atoms with Crippen LogP contribution in [0.3, 0.4) is 0 Å². The topological polar surface area (TPSA) is 93.3 Å². The molecule has 0 unspecified atom stereocenters. The number of hydrogen-bond acceptors (Lipinski definition) is 4. The smallest absolute Gasteiger partial charge is 0.309 e. The van der Waals surface area contributed by atoms with E-state index in [1.807, 2.05) is 0 Å². The van der Waals surface area contributed by atoms with E-state index < -0.39 is 10.9 Å². The number of pyridine rings is 1. The number of rotatable bonds is 3. The Morgan fingerprint density at radius 3 is 2.71 bits per heavy atom.